The van der Waals surface area contributed by atoms with Gasteiger partial charge in [0.2, 0.25) is 5.95 Å². The lowest BCUT2D eigenvalue weighted by atomic mass is 9.74. The average Bonchev–Trinajstić information content (AvgIpc) is 2.46. The summed E-state index contributed by atoms with van der Waals surface area (Å²) in [6.07, 6.45) is 7.23. The van der Waals surface area contributed by atoms with Crippen molar-refractivity contribution in [2.24, 2.45) is 5.41 Å². The van der Waals surface area contributed by atoms with Crippen molar-refractivity contribution in [3.8, 4) is 6.07 Å². The molecule has 0 spiro atoms. The molecule has 0 aromatic carbocycles. The summed E-state index contributed by atoms with van der Waals surface area (Å²) in [5, 5.41) is 21.5. The molecule has 1 fully saturated rings. The maximum absolute atomic E-state index is 9.59. The minimum absolute atomic E-state index is 0.0513. The molecule has 0 saturated heterocycles. The van der Waals surface area contributed by atoms with Gasteiger partial charge in [-0.15, -0.1) is 0 Å². The molecule has 5 heteroatoms. The van der Waals surface area contributed by atoms with E-state index in [9.17, 15) is 5.11 Å². The van der Waals surface area contributed by atoms with Crippen LogP contribution in [0.3, 0.4) is 0 Å². The number of aliphatic hydroxyl groups is 1. The highest BCUT2D eigenvalue weighted by Gasteiger charge is 2.31. The van der Waals surface area contributed by atoms with Gasteiger partial charge in [0.1, 0.15) is 11.8 Å². The number of hydrogen-bond donors (Lipinski definition) is 2. The molecular formula is C13H18N4O. The minimum Gasteiger partial charge on any atom is -0.396 e. The van der Waals surface area contributed by atoms with Gasteiger partial charge < -0.3 is 10.4 Å². The molecular weight excluding hydrogens is 228 g/mol. The lowest BCUT2D eigenvalue weighted by Gasteiger charge is -2.35. The molecule has 96 valence electrons. The number of aromatic nitrogens is 2. The smallest absolute Gasteiger partial charge is 0.223 e. The van der Waals surface area contributed by atoms with Crippen LogP contribution in [0.25, 0.3) is 0 Å². The topological polar surface area (TPSA) is 81.8 Å². The van der Waals surface area contributed by atoms with Crippen molar-refractivity contribution < 1.29 is 5.11 Å². The number of aliphatic hydroxyl groups excluding tert-OH is 1. The zero-order valence-corrected chi connectivity index (χ0v) is 10.4. The summed E-state index contributed by atoms with van der Waals surface area (Å²) in [5.74, 6) is 0.465. The van der Waals surface area contributed by atoms with Crippen LogP contribution in [0.5, 0.6) is 0 Å². The predicted octanol–water partition coefficient (Wildman–Crippen LogP) is 1.70. The first-order valence-electron chi connectivity index (χ1n) is 6.36. The Hall–Kier alpha value is -1.67. The number of nitriles is 1. The molecule has 18 heavy (non-hydrogen) atoms. The maximum Gasteiger partial charge on any atom is 0.223 e. The summed E-state index contributed by atoms with van der Waals surface area (Å²) in [6.45, 7) is 0.857. The Kier molecular flexibility index (Phi) is 4.11. The van der Waals surface area contributed by atoms with E-state index in [2.05, 4.69) is 15.3 Å². The lowest BCUT2D eigenvalue weighted by Crippen LogP contribution is -2.35. The molecule has 0 bridgehead atoms. The van der Waals surface area contributed by atoms with Gasteiger partial charge in [-0.2, -0.15) is 5.26 Å². The summed E-state index contributed by atoms with van der Waals surface area (Å²) in [6, 6.07) is 3.57. The van der Waals surface area contributed by atoms with E-state index in [0.29, 0.717) is 18.2 Å². The number of nitrogens with zero attached hydrogens (tertiary/aromatic N) is 3. The maximum atomic E-state index is 9.59. The lowest BCUT2D eigenvalue weighted by molar-refractivity contribution is 0.0942. The summed E-state index contributed by atoms with van der Waals surface area (Å²) < 4.78 is 0. The van der Waals surface area contributed by atoms with Crippen LogP contribution in [-0.4, -0.2) is 28.2 Å². The highest BCUT2D eigenvalue weighted by molar-refractivity contribution is 5.30. The highest BCUT2D eigenvalue weighted by Crippen LogP contribution is 2.35. The molecule has 1 saturated carbocycles. The summed E-state index contributed by atoms with van der Waals surface area (Å²) >= 11 is 0. The fourth-order valence-corrected chi connectivity index (χ4v) is 2.47. The second-order valence-electron chi connectivity index (χ2n) is 4.95. The molecule has 0 atom stereocenters. The van der Waals surface area contributed by atoms with E-state index in [1.165, 1.54) is 19.3 Å². The van der Waals surface area contributed by atoms with E-state index in [1.807, 2.05) is 6.07 Å². The van der Waals surface area contributed by atoms with Crippen LogP contribution in [0, 0.1) is 16.7 Å². The van der Waals surface area contributed by atoms with Crippen LogP contribution in [-0.2, 0) is 0 Å². The van der Waals surface area contributed by atoms with E-state index in [1.54, 1.807) is 12.3 Å². The van der Waals surface area contributed by atoms with Crippen molar-refractivity contribution >= 4 is 5.95 Å². The van der Waals surface area contributed by atoms with E-state index in [-0.39, 0.29) is 12.0 Å². The Labute approximate surface area is 107 Å². The molecule has 1 aliphatic carbocycles. The fraction of sp³-hybridized carbons (Fsp3) is 0.615. The van der Waals surface area contributed by atoms with Gasteiger partial charge in [0.05, 0.1) is 6.61 Å². The van der Waals surface area contributed by atoms with Crippen LogP contribution >= 0.6 is 0 Å². The number of nitrogens with one attached hydrogen (secondary N) is 1. The molecule has 0 aliphatic heterocycles. The van der Waals surface area contributed by atoms with Gasteiger partial charge in [-0.3, -0.25) is 0 Å². The van der Waals surface area contributed by atoms with Gasteiger partial charge in [-0.05, 0) is 18.9 Å². The Morgan fingerprint density at radius 2 is 2.17 bits per heavy atom. The number of rotatable bonds is 4. The third kappa shape index (κ3) is 2.96. The van der Waals surface area contributed by atoms with Gasteiger partial charge >= 0.3 is 0 Å². The van der Waals surface area contributed by atoms with Gasteiger partial charge in [-0.1, -0.05) is 19.3 Å². The normalized spacial score (nSPS) is 18.0. The molecule has 0 unspecified atom stereocenters. The first kappa shape index (κ1) is 12.8. The van der Waals surface area contributed by atoms with Crippen molar-refractivity contribution in [3.05, 3.63) is 18.0 Å². The molecule has 0 amide bonds. The summed E-state index contributed by atoms with van der Waals surface area (Å²) in [5.41, 5.74) is 0.304. The predicted molar refractivity (Wildman–Crippen MR) is 67.8 cm³/mol. The van der Waals surface area contributed by atoms with Gasteiger partial charge in [0, 0.05) is 18.2 Å². The minimum atomic E-state index is -0.0513. The standard InChI is InChI=1S/C13H18N4O/c14-8-11-4-7-15-12(17-11)16-9-13(10-18)5-2-1-3-6-13/h4,7,18H,1-3,5-6,9-10H2,(H,15,16,17). The SMILES string of the molecule is N#Cc1ccnc(NCC2(CO)CCCCC2)n1. The van der Waals surface area contributed by atoms with Crippen LogP contribution < -0.4 is 5.32 Å². The van der Waals surface area contributed by atoms with Crippen molar-refractivity contribution in [2.45, 2.75) is 32.1 Å². The van der Waals surface area contributed by atoms with Crippen molar-refractivity contribution in [3.63, 3.8) is 0 Å². The van der Waals surface area contributed by atoms with Gasteiger partial charge in [0.25, 0.3) is 0 Å². The Balaban J connectivity index is 1.99. The van der Waals surface area contributed by atoms with Gasteiger partial charge in [-0.25, -0.2) is 9.97 Å². The Bertz CT molecular complexity index is 435. The zero-order valence-electron chi connectivity index (χ0n) is 10.4. The molecule has 2 N–H and O–H groups in total. The fourth-order valence-electron chi connectivity index (χ4n) is 2.47. The van der Waals surface area contributed by atoms with E-state index >= 15 is 0 Å². The second-order valence-corrected chi connectivity index (χ2v) is 4.95. The highest BCUT2D eigenvalue weighted by atomic mass is 16.3. The van der Waals surface area contributed by atoms with E-state index in [0.717, 1.165) is 12.8 Å². The van der Waals surface area contributed by atoms with Crippen LogP contribution in [0.2, 0.25) is 0 Å². The van der Waals surface area contributed by atoms with Crippen LogP contribution in [0.15, 0.2) is 12.3 Å². The Morgan fingerprint density at radius 3 is 2.83 bits per heavy atom. The first-order valence-corrected chi connectivity index (χ1v) is 6.36. The van der Waals surface area contributed by atoms with Crippen LogP contribution in [0.4, 0.5) is 5.95 Å². The van der Waals surface area contributed by atoms with E-state index in [4.69, 9.17) is 5.26 Å². The average molecular weight is 246 g/mol. The largest absolute Gasteiger partial charge is 0.396 e. The third-order valence-electron chi connectivity index (χ3n) is 3.64. The number of hydrogen-bond acceptors (Lipinski definition) is 5. The molecule has 1 aromatic heterocycles. The summed E-state index contributed by atoms with van der Waals surface area (Å²) in [7, 11) is 0. The molecule has 1 aromatic rings. The van der Waals surface area contributed by atoms with Crippen LogP contribution in [0.1, 0.15) is 37.8 Å². The van der Waals surface area contributed by atoms with Gasteiger partial charge in [0.15, 0.2) is 0 Å². The Morgan fingerprint density at radius 1 is 1.39 bits per heavy atom. The quantitative estimate of drug-likeness (QED) is 0.845. The summed E-state index contributed by atoms with van der Waals surface area (Å²) in [4.78, 5) is 8.16. The molecule has 1 heterocycles. The van der Waals surface area contributed by atoms with Crippen molar-refractivity contribution in [2.75, 3.05) is 18.5 Å². The second kappa shape index (κ2) is 5.78. The molecule has 5 nitrogen and oxygen atoms in total. The van der Waals surface area contributed by atoms with Crippen molar-refractivity contribution in [1.29, 1.82) is 5.26 Å². The molecule has 0 radical (unpaired) electrons. The third-order valence-corrected chi connectivity index (χ3v) is 3.64. The first-order chi connectivity index (χ1) is 8.78. The number of anilines is 1. The van der Waals surface area contributed by atoms with E-state index < -0.39 is 0 Å². The zero-order chi connectivity index (χ0) is 12.8. The molecule has 2 rings (SSSR count). The molecule has 1 aliphatic rings. The monoisotopic (exact) mass is 246 g/mol. The van der Waals surface area contributed by atoms with Crippen molar-refractivity contribution in [1.82, 2.24) is 9.97 Å².